The standard InChI is InChI=1S/C11H21NO/c1-4-6-11-8-12(9(3)13)7-10(11)5-2/h10-11H,4-8H2,1-3H3. The van der Waals surface area contributed by atoms with Crippen LogP contribution in [-0.2, 0) is 4.79 Å². The molecule has 0 aromatic rings. The molecule has 0 bridgehead atoms. The van der Waals surface area contributed by atoms with Crippen LogP contribution in [0, 0.1) is 11.8 Å². The molecule has 1 amide bonds. The van der Waals surface area contributed by atoms with E-state index in [-0.39, 0.29) is 5.91 Å². The Morgan fingerprint density at radius 3 is 2.38 bits per heavy atom. The smallest absolute Gasteiger partial charge is 0.219 e. The fraction of sp³-hybridized carbons (Fsp3) is 0.909. The average molecular weight is 183 g/mol. The van der Waals surface area contributed by atoms with Crippen LogP contribution in [0.1, 0.15) is 40.0 Å². The van der Waals surface area contributed by atoms with Gasteiger partial charge in [0.25, 0.3) is 0 Å². The van der Waals surface area contributed by atoms with Crippen molar-refractivity contribution in [3.8, 4) is 0 Å². The van der Waals surface area contributed by atoms with Gasteiger partial charge in [-0.1, -0.05) is 26.7 Å². The van der Waals surface area contributed by atoms with Crippen LogP contribution in [-0.4, -0.2) is 23.9 Å². The number of amides is 1. The number of carbonyl (C=O) groups is 1. The van der Waals surface area contributed by atoms with Crippen molar-refractivity contribution < 1.29 is 4.79 Å². The van der Waals surface area contributed by atoms with E-state index in [2.05, 4.69) is 13.8 Å². The average Bonchev–Trinajstić information content (AvgIpc) is 2.48. The highest BCUT2D eigenvalue weighted by Gasteiger charge is 2.31. The molecule has 0 aliphatic carbocycles. The van der Waals surface area contributed by atoms with Crippen molar-refractivity contribution in [1.29, 1.82) is 0 Å². The second-order valence-electron chi connectivity index (χ2n) is 4.14. The molecule has 13 heavy (non-hydrogen) atoms. The largest absolute Gasteiger partial charge is 0.342 e. The summed E-state index contributed by atoms with van der Waals surface area (Å²) in [5, 5.41) is 0. The Morgan fingerprint density at radius 1 is 1.31 bits per heavy atom. The van der Waals surface area contributed by atoms with Gasteiger partial charge in [0.15, 0.2) is 0 Å². The Morgan fingerprint density at radius 2 is 1.92 bits per heavy atom. The van der Waals surface area contributed by atoms with Crippen LogP contribution in [0.4, 0.5) is 0 Å². The maximum absolute atomic E-state index is 11.2. The third kappa shape index (κ3) is 2.45. The summed E-state index contributed by atoms with van der Waals surface area (Å²) >= 11 is 0. The number of hydrogen-bond acceptors (Lipinski definition) is 1. The zero-order chi connectivity index (χ0) is 9.84. The Kier molecular flexibility index (Phi) is 3.76. The topological polar surface area (TPSA) is 20.3 Å². The Balaban J connectivity index is 2.50. The quantitative estimate of drug-likeness (QED) is 0.657. The van der Waals surface area contributed by atoms with E-state index in [1.165, 1.54) is 19.3 Å². The van der Waals surface area contributed by atoms with Crippen molar-refractivity contribution in [2.24, 2.45) is 11.8 Å². The minimum Gasteiger partial charge on any atom is -0.342 e. The predicted octanol–water partition coefficient (Wildman–Crippen LogP) is 2.29. The molecule has 0 aromatic carbocycles. The summed E-state index contributed by atoms with van der Waals surface area (Å²) in [6.07, 6.45) is 3.74. The molecule has 1 aliphatic heterocycles. The summed E-state index contributed by atoms with van der Waals surface area (Å²) in [6, 6.07) is 0. The molecule has 2 nitrogen and oxygen atoms in total. The highest BCUT2D eigenvalue weighted by Crippen LogP contribution is 2.29. The van der Waals surface area contributed by atoms with Gasteiger partial charge in [0.2, 0.25) is 5.91 Å². The minimum absolute atomic E-state index is 0.247. The lowest BCUT2D eigenvalue weighted by atomic mass is 9.90. The molecule has 0 radical (unpaired) electrons. The molecule has 0 spiro atoms. The number of hydrogen-bond donors (Lipinski definition) is 0. The SMILES string of the molecule is CCCC1CN(C(C)=O)CC1CC. The molecule has 0 N–H and O–H groups in total. The second kappa shape index (κ2) is 4.64. The lowest BCUT2D eigenvalue weighted by Crippen LogP contribution is -2.26. The van der Waals surface area contributed by atoms with Crippen molar-refractivity contribution in [1.82, 2.24) is 4.90 Å². The normalized spacial score (nSPS) is 28.1. The maximum atomic E-state index is 11.2. The molecule has 1 heterocycles. The number of nitrogens with zero attached hydrogens (tertiary/aromatic N) is 1. The summed E-state index contributed by atoms with van der Waals surface area (Å²) in [4.78, 5) is 13.2. The second-order valence-corrected chi connectivity index (χ2v) is 4.14. The van der Waals surface area contributed by atoms with Crippen LogP contribution in [0.2, 0.25) is 0 Å². The van der Waals surface area contributed by atoms with Crippen LogP contribution >= 0.6 is 0 Å². The molecule has 76 valence electrons. The van der Waals surface area contributed by atoms with E-state index in [4.69, 9.17) is 0 Å². The molecule has 1 aliphatic rings. The molecular weight excluding hydrogens is 162 g/mol. The van der Waals surface area contributed by atoms with Crippen molar-refractivity contribution in [2.75, 3.05) is 13.1 Å². The van der Waals surface area contributed by atoms with Gasteiger partial charge in [-0.25, -0.2) is 0 Å². The van der Waals surface area contributed by atoms with Gasteiger partial charge < -0.3 is 4.90 Å². The van der Waals surface area contributed by atoms with Gasteiger partial charge in [-0.05, 0) is 18.3 Å². The third-order valence-electron chi connectivity index (χ3n) is 3.21. The lowest BCUT2D eigenvalue weighted by Gasteiger charge is -2.14. The molecule has 0 saturated carbocycles. The van der Waals surface area contributed by atoms with E-state index in [9.17, 15) is 4.79 Å². The van der Waals surface area contributed by atoms with Crippen LogP contribution in [0.15, 0.2) is 0 Å². The molecule has 1 saturated heterocycles. The number of likely N-dealkylation sites (tertiary alicyclic amines) is 1. The van der Waals surface area contributed by atoms with Gasteiger partial charge >= 0.3 is 0 Å². The first-order chi connectivity index (χ1) is 6.19. The molecular formula is C11H21NO. The van der Waals surface area contributed by atoms with Crippen LogP contribution in [0.5, 0.6) is 0 Å². The van der Waals surface area contributed by atoms with Gasteiger partial charge in [-0.2, -0.15) is 0 Å². The third-order valence-corrected chi connectivity index (χ3v) is 3.21. The van der Waals surface area contributed by atoms with E-state index in [0.29, 0.717) is 0 Å². The minimum atomic E-state index is 0.247. The number of carbonyl (C=O) groups excluding carboxylic acids is 1. The van der Waals surface area contributed by atoms with Crippen LogP contribution in [0.25, 0.3) is 0 Å². The van der Waals surface area contributed by atoms with E-state index in [1.54, 1.807) is 6.92 Å². The Bertz CT molecular complexity index is 179. The van der Waals surface area contributed by atoms with E-state index >= 15 is 0 Å². The maximum Gasteiger partial charge on any atom is 0.219 e. The molecule has 2 atom stereocenters. The first kappa shape index (κ1) is 10.6. The highest BCUT2D eigenvalue weighted by molar-refractivity contribution is 5.73. The van der Waals surface area contributed by atoms with Gasteiger partial charge in [0.05, 0.1) is 0 Å². The number of rotatable bonds is 3. The summed E-state index contributed by atoms with van der Waals surface area (Å²) in [5.41, 5.74) is 0. The molecule has 1 fully saturated rings. The Labute approximate surface area is 81.3 Å². The van der Waals surface area contributed by atoms with Crippen LogP contribution in [0.3, 0.4) is 0 Å². The molecule has 2 unspecified atom stereocenters. The summed E-state index contributed by atoms with van der Waals surface area (Å²) < 4.78 is 0. The monoisotopic (exact) mass is 183 g/mol. The van der Waals surface area contributed by atoms with E-state index < -0.39 is 0 Å². The van der Waals surface area contributed by atoms with Gasteiger partial charge in [0.1, 0.15) is 0 Å². The zero-order valence-corrected chi connectivity index (χ0v) is 9.05. The van der Waals surface area contributed by atoms with Gasteiger partial charge in [-0.3, -0.25) is 4.79 Å². The fourth-order valence-corrected chi connectivity index (χ4v) is 2.36. The first-order valence-electron chi connectivity index (χ1n) is 5.44. The zero-order valence-electron chi connectivity index (χ0n) is 9.05. The van der Waals surface area contributed by atoms with Gasteiger partial charge in [-0.15, -0.1) is 0 Å². The summed E-state index contributed by atoms with van der Waals surface area (Å²) in [5.74, 6) is 1.76. The van der Waals surface area contributed by atoms with E-state index in [1.807, 2.05) is 4.90 Å². The van der Waals surface area contributed by atoms with Crippen molar-refractivity contribution in [3.05, 3.63) is 0 Å². The fourth-order valence-electron chi connectivity index (χ4n) is 2.36. The van der Waals surface area contributed by atoms with Crippen LogP contribution < -0.4 is 0 Å². The van der Waals surface area contributed by atoms with Crippen molar-refractivity contribution in [3.63, 3.8) is 0 Å². The Hall–Kier alpha value is -0.530. The van der Waals surface area contributed by atoms with Crippen molar-refractivity contribution in [2.45, 2.75) is 40.0 Å². The first-order valence-corrected chi connectivity index (χ1v) is 5.44. The summed E-state index contributed by atoms with van der Waals surface area (Å²) in [7, 11) is 0. The predicted molar refractivity (Wildman–Crippen MR) is 54.4 cm³/mol. The van der Waals surface area contributed by atoms with Crippen molar-refractivity contribution >= 4 is 5.91 Å². The highest BCUT2D eigenvalue weighted by atomic mass is 16.2. The van der Waals surface area contributed by atoms with Gasteiger partial charge in [0, 0.05) is 20.0 Å². The van der Waals surface area contributed by atoms with E-state index in [0.717, 1.165) is 24.9 Å². The molecule has 2 heteroatoms. The summed E-state index contributed by atoms with van der Waals surface area (Å²) in [6.45, 7) is 8.14. The lowest BCUT2D eigenvalue weighted by molar-refractivity contribution is -0.128. The molecule has 0 aromatic heterocycles. The molecule has 1 rings (SSSR count).